The average Bonchev–Trinajstić information content (AvgIpc) is 2.68. The van der Waals surface area contributed by atoms with Gasteiger partial charge < -0.3 is 4.90 Å². The van der Waals surface area contributed by atoms with Crippen LogP contribution in [0.15, 0.2) is 0 Å². The Kier molecular flexibility index (Phi) is 1.92. The first-order chi connectivity index (χ1) is 5.27. The Morgan fingerprint density at radius 2 is 1.82 bits per heavy atom. The van der Waals surface area contributed by atoms with E-state index in [0.29, 0.717) is 0 Å². The summed E-state index contributed by atoms with van der Waals surface area (Å²) in [5.41, 5.74) is 0. The molecule has 1 nitrogen and oxygen atoms in total. The minimum absolute atomic E-state index is 0.777. The van der Waals surface area contributed by atoms with E-state index in [4.69, 9.17) is 0 Å². The maximum Gasteiger partial charge on any atom is 0.00387 e. The second-order valence-corrected chi connectivity index (χ2v) is 4.47. The first-order valence-electron chi connectivity index (χ1n) is 5.01. The van der Waals surface area contributed by atoms with E-state index < -0.39 is 0 Å². The molecule has 1 saturated heterocycles. The monoisotopic (exact) mass is 153 g/mol. The molecule has 0 spiro atoms. The summed E-state index contributed by atoms with van der Waals surface area (Å²) in [5, 5.41) is 0. The summed E-state index contributed by atoms with van der Waals surface area (Å²) >= 11 is 0. The van der Waals surface area contributed by atoms with Crippen molar-refractivity contribution in [1.29, 1.82) is 0 Å². The highest BCUT2D eigenvalue weighted by Gasteiger charge is 2.36. The summed E-state index contributed by atoms with van der Waals surface area (Å²) in [6.07, 6.45) is 4.52. The highest BCUT2D eigenvalue weighted by atomic mass is 15.2. The molecule has 1 saturated carbocycles. The van der Waals surface area contributed by atoms with Crippen LogP contribution in [-0.4, -0.2) is 24.0 Å². The minimum atomic E-state index is 0.777. The second kappa shape index (κ2) is 2.78. The molecule has 1 unspecified atom stereocenters. The third-order valence-corrected chi connectivity index (χ3v) is 3.28. The SMILES string of the molecule is CC(C)N1CCC(C2CC2)C1. The number of rotatable bonds is 2. The Labute approximate surface area is 69.8 Å². The van der Waals surface area contributed by atoms with Gasteiger partial charge in [0.25, 0.3) is 0 Å². The number of likely N-dealkylation sites (tertiary alicyclic amines) is 1. The topological polar surface area (TPSA) is 3.24 Å². The Bertz CT molecular complexity index is 130. The minimum Gasteiger partial charge on any atom is -0.301 e. The van der Waals surface area contributed by atoms with E-state index in [1.54, 1.807) is 0 Å². The van der Waals surface area contributed by atoms with Gasteiger partial charge in [-0.15, -0.1) is 0 Å². The van der Waals surface area contributed by atoms with Crippen molar-refractivity contribution in [1.82, 2.24) is 4.90 Å². The summed E-state index contributed by atoms with van der Waals surface area (Å²) in [6, 6.07) is 0.777. The lowest BCUT2D eigenvalue weighted by Crippen LogP contribution is -2.28. The lowest BCUT2D eigenvalue weighted by atomic mass is 10.0. The van der Waals surface area contributed by atoms with E-state index in [1.165, 1.54) is 32.4 Å². The van der Waals surface area contributed by atoms with Crippen molar-refractivity contribution in [2.24, 2.45) is 11.8 Å². The molecule has 1 aliphatic carbocycles. The molecule has 11 heavy (non-hydrogen) atoms. The van der Waals surface area contributed by atoms with Crippen LogP contribution in [0.3, 0.4) is 0 Å². The summed E-state index contributed by atoms with van der Waals surface area (Å²) in [7, 11) is 0. The molecule has 0 aromatic heterocycles. The summed E-state index contributed by atoms with van der Waals surface area (Å²) in [5.74, 6) is 2.19. The maximum atomic E-state index is 2.63. The molecule has 0 radical (unpaired) electrons. The second-order valence-electron chi connectivity index (χ2n) is 4.47. The summed E-state index contributed by atoms with van der Waals surface area (Å²) < 4.78 is 0. The largest absolute Gasteiger partial charge is 0.301 e. The zero-order chi connectivity index (χ0) is 7.84. The highest BCUT2D eigenvalue weighted by molar-refractivity contribution is 4.88. The molecule has 64 valence electrons. The third-order valence-electron chi connectivity index (χ3n) is 3.28. The van der Waals surface area contributed by atoms with Crippen LogP contribution in [0.4, 0.5) is 0 Å². The molecule has 1 heterocycles. The number of hydrogen-bond donors (Lipinski definition) is 0. The molecular weight excluding hydrogens is 134 g/mol. The molecular formula is C10H19N. The predicted octanol–water partition coefficient (Wildman–Crippen LogP) is 2.13. The first-order valence-corrected chi connectivity index (χ1v) is 5.01. The Balaban J connectivity index is 1.82. The molecule has 2 rings (SSSR count). The van der Waals surface area contributed by atoms with Crippen LogP contribution in [0.2, 0.25) is 0 Å². The van der Waals surface area contributed by atoms with Gasteiger partial charge in [0, 0.05) is 12.6 Å². The molecule has 2 fully saturated rings. The van der Waals surface area contributed by atoms with E-state index in [1.807, 2.05) is 0 Å². The van der Waals surface area contributed by atoms with Gasteiger partial charge in [0.2, 0.25) is 0 Å². The summed E-state index contributed by atoms with van der Waals surface area (Å²) in [6.45, 7) is 7.38. The van der Waals surface area contributed by atoms with Gasteiger partial charge in [0.05, 0.1) is 0 Å². The standard InChI is InChI=1S/C10H19N/c1-8(2)11-6-5-10(7-11)9-3-4-9/h8-10H,3-7H2,1-2H3. The zero-order valence-electron chi connectivity index (χ0n) is 7.71. The zero-order valence-corrected chi connectivity index (χ0v) is 7.71. The van der Waals surface area contributed by atoms with Crippen LogP contribution >= 0.6 is 0 Å². The van der Waals surface area contributed by atoms with Gasteiger partial charge in [-0.25, -0.2) is 0 Å². The lowest BCUT2D eigenvalue weighted by molar-refractivity contribution is 0.261. The van der Waals surface area contributed by atoms with Crippen molar-refractivity contribution >= 4 is 0 Å². The quantitative estimate of drug-likeness (QED) is 0.587. The van der Waals surface area contributed by atoms with E-state index in [-0.39, 0.29) is 0 Å². The van der Waals surface area contributed by atoms with Gasteiger partial charge >= 0.3 is 0 Å². The van der Waals surface area contributed by atoms with Crippen molar-refractivity contribution < 1.29 is 0 Å². The Morgan fingerprint density at radius 3 is 2.27 bits per heavy atom. The van der Waals surface area contributed by atoms with Crippen LogP contribution < -0.4 is 0 Å². The van der Waals surface area contributed by atoms with Crippen LogP contribution in [0.25, 0.3) is 0 Å². The third kappa shape index (κ3) is 1.58. The molecule has 0 amide bonds. The van der Waals surface area contributed by atoms with Crippen LogP contribution in [0, 0.1) is 11.8 Å². The number of nitrogens with zero attached hydrogens (tertiary/aromatic N) is 1. The van der Waals surface area contributed by atoms with Crippen LogP contribution in [-0.2, 0) is 0 Å². The molecule has 1 aliphatic heterocycles. The van der Waals surface area contributed by atoms with E-state index >= 15 is 0 Å². The average molecular weight is 153 g/mol. The molecule has 1 heteroatoms. The van der Waals surface area contributed by atoms with Gasteiger partial charge in [-0.05, 0) is 51.5 Å². The molecule has 0 aromatic rings. The van der Waals surface area contributed by atoms with Crippen molar-refractivity contribution in [2.45, 2.75) is 39.2 Å². The van der Waals surface area contributed by atoms with Crippen LogP contribution in [0.5, 0.6) is 0 Å². The fourth-order valence-corrected chi connectivity index (χ4v) is 2.24. The van der Waals surface area contributed by atoms with Gasteiger partial charge in [0.1, 0.15) is 0 Å². The normalized spacial score (nSPS) is 33.5. The predicted molar refractivity (Wildman–Crippen MR) is 47.5 cm³/mol. The van der Waals surface area contributed by atoms with Crippen LogP contribution in [0.1, 0.15) is 33.1 Å². The maximum absolute atomic E-state index is 2.63. The smallest absolute Gasteiger partial charge is 0.00387 e. The van der Waals surface area contributed by atoms with Crippen molar-refractivity contribution in [3.8, 4) is 0 Å². The number of hydrogen-bond acceptors (Lipinski definition) is 1. The fourth-order valence-electron chi connectivity index (χ4n) is 2.24. The molecule has 1 atom stereocenters. The lowest BCUT2D eigenvalue weighted by Gasteiger charge is -2.20. The highest BCUT2D eigenvalue weighted by Crippen LogP contribution is 2.41. The van der Waals surface area contributed by atoms with Gasteiger partial charge in [-0.2, -0.15) is 0 Å². The van der Waals surface area contributed by atoms with Crippen molar-refractivity contribution in [3.63, 3.8) is 0 Å². The van der Waals surface area contributed by atoms with Crippen molar-refractivity contribution in [2.75, 3.05) is 13.1 Å². The first kappa shape index (κ1) is 7.60. The van der Waals surface area contributed by atoms with Gasteiger partial charge in [-0.1, -0.05) is 0 Å². The summed E-state index contributed by atoms with van der Waals surface area (Å²) in [4.78, 5) is 2.63. The Hall–Kier alpha value is -0.0400. The Morgan fingerprint density at radius 1 is 1.09 bits per heavy atom. The van der Waals surface area contributed by atoms with E-state index in [9.17, 15) is 0 Å². The van der Waals surface area contributed by atoms with E-state index in [2.05, 4.69) is 18.7 Å². The van der Waals surface area contributed by atoms with Gasteiger partial charge in [0.15, 0.2) is 0 Å². The molecule has 0 N–H and O–H groups in total. The molecule has 2 aliphatic rings. The van der Waals surface area contributed by atoms with Gasteiger partial charge in [-0.3, -0.25) is 0 Å². The molecule has 0 aromatic carbocycles. The van der Waals surface area contributed by atoms with Crippen molar-refractivity contribution in [3.05, 3.63) is 0 Å². The van der Waals surface area contributed by atoms with E-state index in [0.717, 1.165) is 17.9 Å². The molecule has 0 bridgehead atoms. The fraction of sp³-hybridized carbons (Fsp3) is 1.00.